The molecule has 108 valence electrons. The minimum atomic E-state index is -0.415. The Morgan fingerprint density at radius 3 is 2.52 bits per heavy atom. The number of nitro benzene ring substituents is 1. The van der Waals surface area contributed by atoms with Crippen molar-refractivity contribution >= 4 is 12.2 Å². The standard InChI is InChI=1S/C16H15NO4/c1-12(10-21-11-18)15-9-14(7-8-16(15)17(19)20)13-5-3-2-4-6-13/h2-9,11-12H,10H2,1H3. The molecule has 0 aliphatic heterocycles. The van der Waals surface area contributed by atoms with Crippen molar-refractivity contribution in [3.8, 4) is 11.1 Å². The quantitative estimate of drug-likeness (QED) is 0.462. The molecule has 0 heterocycles. The lowest BCUT2D eigenvalue weighted by molar-refractivity contribution is -0.385. The average Bonchev–Trinajstić information content (AvgIpc) is 2.52. The molecule has 0 aliphatic rings. The van der Waals surface area contributed by atoms with Gasteiger partial charge in [0.15, 0.2) is 0 Å². The Morgan fingerprint density at radius 2 is 1.90 bits per heavy atom. The van der Waals surface area contributed by atoms with Gasteiger partial charge >= 0.3 is 0 Å². The summed E-state index contributed by atoms with van der Waals surface area (Å²) in [5, 5.41) is 11.1. The van der Waals surface area contributed by atoms with Gasteiger partial charge in [0, 0.05) is 17.5 Å². The first-order valence-corrected chi connectivity index (χ1v) is 6.52. The summed E-state index contributed by atoms with van der Waals surface area (Å²) in [7, 11) is 0. The van der Waals surface area contributed by atoms with Crippen molar-refractivity contribution < 1.29 is 14.5 Å². The van der Waals surface area contributed by atoms with E-state index in [0.29, 0.717) is 12.0 Å². The summed E-state index contributed by atoms with van der Waals surface area (Å²) in [6.45, 7) is 2.26. The molecular weight excluding hydrogens is 270 g/mol. The van der Waals surface area contributed by atoms with E-state index < -0.39 is 4.92 Å². The normalized spacial score (nSPS) is 11.7. The van der Waals surface area contributed by atoms with E-state index in [9.17, 15) is 14.9 Å². The SMILES string of the molecule is CC(COC=O)c1cc(-c2ccccc2)ccc1[N+](=O)[O-]. The molecule has 0 aromatic heterocycles. The number of rotatable bonds is 6. The lowest BCUT2D eigenvalue weighted by atomic mass is 9.95. The van der Waals surface area contributed by atoms with E-state index in [1.165, 1.54) is 6.07 Å². The third-order valence-electron chi connectivity index (χ3n) is 3.28. The van der Waals surface area contributed by atoms with E-state index in [0.717, 1.165) is 11.1 Å². The van der Waals surface area contributed by atoms with Crippen LogP contribution in [0.25, 0.3) is 11.1 Å². The number of ether oxygens (including phenoxy) is 1. The van der Waals surface area contributed by atoms with Crippen molar-refractivity contribution in [1.82, 2.24) is 0 Å². The van der Waals surface area contributed by atoms with Crippen molar-refractivity contribution in [2.75, 3.05) is 6.61 Å². The third-order valence-corrected chi connectivity index (χ3v) is 3.28. The summed E-state index contributed by atoms with van der Waals surface area (Å²) in [6, 6.07) is 14.6. The number of hydrogen-bond donors (Lipinski definition) is 0. The summed E-state index contributed by atoms with van der Waals surface area (Å²) in [6.07, 6.45) is 0. The molecule has 0 saturated carbocycles. The van der Waals surface area contributed by atoms with Crippen LogP contribution in [0.4, 0.5) is 5.69 Å². The zero-order valence-corrected chi connectivity index (χ0v) is 11.6. The summed E-state index contributed by atoms with van der Waals surface area (Å²) in [5.41, 5.74) is 2.48. The lowest BCUT2D eigenvalue weighted by Gasteiger charge is -2.12. The van der Waals surface area contributed by atoms with E-state index in [2.05, 4.69) is 0 Å². The van der Waals surface area contributed by atoms with Crippen LogP contribution in [0.5, 0.6) is 0 Å². The fourth-order valence-corrected chi connectivity index (χ4v) is 2.20. The predicted molar refractivity (Wildman–Crippen MR) is 79.0 cm³/mol. The van der Waals surface area contributed by atoms with Crippen LogP contribution in [0.1, 0.15) is 18.4 Å². The van der Waals surface area contributed by atoms with Gasteiger partial charge in [0.05, 0.1) is 11.5 Å². The van der Waals surface area contributed by atoms with Crippen LogP contribution in [-0.2, 0) is 9.53 Å². The highest BCUT2D eigenvalue weighted by molar-refractivity contribution is 5.67. The smallest absolute Gasteiger partial charge is 0.293 e. The number of carbonyl (C=O) groups excluding carboxylic acids is 1. The van der Waals surface area contributed by atoms with Gasteiger partial charge in [-0.05, 0) is 23.3 Å². The molecule has 0 spiro atoms. The van der Waals surface area contributed by atoms with E-state index in [-0.39, 0.29) is 18.2 Å². The van der Waals surface area contributed by atoms with Crippen molar-refractivity contribution in [3.63, 3.8) is 0 Å². The zero-order valence-electron chi connectivity index (χ0n) is 11.6. The van der Waals surface area contributed by atoms with Gasteiger partial charge in [-0.3, -0.25) is 14.9 Å². The van der Waals surface area contributed by atoms with Crippen molar-refractivity contribution in [2.45, 2.75) is 12.8 Å². The van der Waals surface area contributed by atoms with Crippen molar-refractivity contribution in [1.29, 1.82) is 0 Å². The minimum absolute atomic E-state index is 0.0386. The molecule has 2 aromatic rings. The molecule has 0 bridgehead atoms. The molecule has 0 fully saturated rings. The second-order valence-corrected chi connectivity index (χ2v) is 4.73. The Kier molecular flexibility index (Phi) is 4.66. The van der Waals surface area contributed by atoms with Gasteiger partial charge in [-0.2, -0.15) is 0 Å². The van der Waals surface area contributed by atoms with E-state index in [1.807, 2.05) is 30.3 Å². The Labute approximate surface area is 122 Å². The first kappa shape index (κ1) is 14.7. The molecule has 0 amide bonds. The second-order valence-electron chi connectivity index (χ2n) is 4.73. The summed E-state index contributed by atoms with van der Waals surface area (Å²) >= 11 is 0. The molecule has 2 aromatic carbocycles. The minimum Gasteiger partial charge on any atom is -0.467 e. The van der Waals surface area contributed by atoms with Crippen LogP contribution < -0.4 is 0 Å². The van der Waals surface area contributed by atoms with Gasteiger partial charge in [-0.25, -0.2) is 0 Å². The summed E-state index contributed by atoms with van der Waals surface area (Å²) in [4.78, 5) is 21.0. The van der Waals surface area contributed by atoms with E-state index >= 15 is 0 Å². The maximum absolute atomic E-state index is 11.1. The third kappa shape index (κ3) is 3.45. The number of nitro groups is 1. The van der Waals surface area contributed by atoms with Crippen LogP contribution in [-0.4, -0.2) is 18.0 Å². The van der Waals surface area contributed by atoms with Crippen molar-refractivity contribution in [3.05, 3.63) is 64.2 Å². The van der Waals surface area contributed by atoms with Crippen LogP contribution >= 0.6 is 0 Å². The molecular formula is C16H15NO4. The summed E-state index contributed by atoms with van der Waals surface area (Å²) < 4.78 is 4.73. The molecule has 1 unspecified atom stereocenters. The fourth-order valence-electron chi connectivity index (χ4n) is 2.20. The van der Waals surface area contributed by atoms with Gasteiger partial charge in [0.2, 0.25) is 0 Å². The Hall–Kier alpha value is -2.69. The monoisotopic (exact) mass is 285 g/mol. The predicted octanol–water partition coefficient (Wildman–Crippen LogP) is 3.54. The van der Waals surface area contributed by atoms with Crippen LogP contribution in [0, 0.1) is 10.1 Å². The molecule has 0 radical (unpaired) electrons. The van der Waals surface area contributed by atoms with Gasteiger partial charge in [0.1, 0.15) is 0 Å². The molecule has 5 nitrogen and oxygen atoms in total. The Balaban J connectivity index is 2.44. The molecule has 2 rings (SSSR count). The van der Waals surface area contributed by atoms with Gasteiger partial charge in [-0.15, -0.1) is 0 Å². The average molecular weight is 285 g/mol. The van der Waals surface area contributed by atoms with E-state index in [1.54, 1.807) is 19.1 Å². The highest BCUT2D eigenvalue weighted by atomic mass is 16.6. The number of benzene rings is 2. The highest BCUT2D eigenvalue weighted by Crippen LogP contribution is 2.31. The van der Waals surface area contributed by atoms with Gasteiger partial charge < -0.3 is 4.74 Å². The maximum Gasteiger partial charge on any atom is 0.293 e. The Morgan fingerprint density at radius 1 is 1.19 bits per heavy atom. The largest absolute Gasteiger partial charge is 0.467 e. The molecule has 0 N–H and O–H groups in total. The first-order valence-electron chi connectivity index (χ1n) is 6.52. The maximum atomic E-state index is 11.1. The van der Waals surface area contributed by atoms with Gasteiger partial charge in [-0.1, -0.05) is 37.3 Å². The molecule has 5 heteroatoms. The van der Waals surface area contributed by atoms with E-state index in [4.69, 9.17) is 4.74 Å². The number of nitrogens with zero attached hydrogens (tertiary/aromatic N) is 1. The molecule has 21 heavy (non-hydrogen) atoms. The topological polar surface area (TPSA) is 69.4 Å². The fraction of sp³-hybridized carbons (Fsp3) is 0.188. The molecule has 0 aliphatic carbocycles. The molecule has 0 saturated heterocycles. The van der Waals surface area contributed by atoms with Crippen LogP contribution in [0.15, 0.2) is 48.5 Å². The van der Waals surface area contributed by atoms with Gasteiger partial charge in [0.25, 0.3) is 12.2 Å². The first-order chi connectivity index (χ1) is 10.1. The Bertz CT molecular complexity index is 640. The zero-order chi connectivity index (χ0) is 15.2. The second kappa shape index (κ2) is 6.65. The van der Waals surface area contributed by atoms with Crippen LogP contribution in [0.2, 0.25) is 0 Å². The molecule has 1 atom stereocenters. The van der Waals surface area contributed by atoms with Crippen LogP contribution in [0.3, 0.4) is 0 Å². The summed E-state index contributed by atoms with van der Waals surface area (Å²) in [5.74, 6) is -0.251. The lowest BCUT2D eigenvalue weighted by Crippen LogP contribution is -2.06. The number of carbonyl (C=O) groups is 1. The highest BCUT2D eigenvalue weighted by Gasteiger charge is 2.20. The number of hydrogen-bond acceptors (Lipinski definition) is 4. The van der Waals surface area contributed by atoms with Crippen molar-refractivity contribution in [2.24, 2.45) is 0 Å².